The van der Waals surface area contributed by atoms with Crippen molar-refractivity contribution in [3.63, 3.8) is 0 Å². The zero-order valence-corrected chi connectivity index (χ0v) is 17.0. The number of aromatic amines is 1. The summed E-state index contributed by atoms with van der Waals surface area (Å²) < 4.78 is 27.6. The number of anilines is 2. The first kappa shape index (κ1) is 18.8. The lowest BCUT2D eigenvalue weighted by Gasteiger charge is -2.13. The largest absolute Gasteiger partial charge is 0.383 e. The number of rotatable bonds is 4. The van der Waals surface area contributed by atoms with Crippen LogP contribution in [0.25, 0.3) is 22.4 Å². The highest BCUT2D eigenvalue weighted by Crippen LogP contribution is 2.30. The number of H-pyrrole nitrogens is 1. The number of nitrogens with two attached hydrogens (primary N) is 1. The van der Waals surface area contributed by atoms with E-state index in [4.69, 9.17) is 17.3 Å². The summed E-state index contributed by atoms with van der Waals surface area (Å²) in [5.74, 6) is 1.55. The lowest BCUT2D eigenvalue weighted by Crippen LogP contribution is -2.16. The monoisotopic (exact) mass is 434 g/mol. The van der Waals surface area contributed by atoms with Crippen molar-refractivity contribution in [3.8, 4) is 11.4 Å². The van der Waals surface area contributed by atoms with Crippen molar-refractivity contribution in [2.45, 2.75) is 6.92 Å². The molecule has 1 aliphatic heterocycles. The molecule has 0 fully saturated rings. The van der Waals surface area contributed by atoms with E-state index in [1.807, 2.05) is 6.92 Å². The van der Waals surface area contributed by atoms with Crippen LogP contribution >= 0.6 is 23.4 Å². The number of nitrogen functional groups attached to an aromatic ring is 1. The Bertz CT molecular complexity index is 1230. The van der Waals surface area contributed by atoms with Crippen LogP contribution in [0.5, 0.6) is 0 Å². The average molecular weight is 435 g/mol. The molecule has 11 heteroatoms. The SMILES string of the molecule is Cc1nc(-c2ccc(NS(=O)(=O)C3=CSCC=C3Cl)cc2)nc2n[nH]c(N)c12. The molecule has 3 heterocycles. The van der Waals surface area contributed by atoms with Crippen molar-refractivity contribution in [3.05, 3.63) is 51.4 Å². The highest BCUT2D eigenvalue weighted by molar-refractivity contribution is 8.04. The van der Waals surface area contributed by atoms with Gasteiger partial charge in [-0.1, -0.05) is 17.7 Å². The minimum atomic E-state index is -3.77. The predicted octanol–water partition coefficient (Wildman–Crippen LogP) is 3.36. The van der Waals surface area contributed by atoms with Gasteiger partial charge in [-0.15, -0.1) is 11.8 Å². The Balaban J connectivity index is 1.61. The molecule has 3 aromatic rings. The van der Waals surface area contributed by atoms with E-state index in [1.54, 1.807) is 35.7 Å². The molecule has 0 aliphatic carbocycles. The van der Waals surface area contributed by atoms with E-state index in [-0.39, 0.29) is 9.94 Å². The molecule has 0 bridgehead atoms. The van der Waals surface area contributed by atoms with Gasteiger partial charge in [0.1, 0.15) is 10.7 Å². The molecule has 4 N–H and O–H groups in total. The molecule has 28 heavy (non-hydrogen) atoms. The third-order valence-corrected chi connectivity index (χ3v) is 6.89. The van der Waals surface area contributed by atoms with Crippen LogP contribution in [0.2, 0.25) is 0 Å². The fourth-order valence-corrected chi connectivity index (χ4v) is 5.58. The number of hydrogen-bond donors (Lipinski definition) is 3. The lowest BCUT2D eigenvalue weighted by atomic mass is 10.2. The normalized spacial score (nSPS) is 14.6. The second-order valence-corrected chi connectivity index (χ2v) is 8.98. The van der Waals surface area contributed by atoms with Crippen molar-refractivity contribution in [2.75, 3.05) is 16.2 Å². The number of nitrogens with one attached hydrogen (secondary N) is 2. The summed E-state index contributed by atoms with van der Waals surface area (Å²) in [5, 5.41) is 9.22. The van der Waals surface area contributed by atoms with E-state index < -0.39 is 10.0 Å². The first-order valence-electron chi connectivity index (χ1n) is 8.14. The van der Waals surface area contributed by atoms with E-state index in [9.17, 15) is 8.42 Å². The number of halogens is 1. The predicted molar refractivity (Wildman–Crippen MR) is 113 cm³/mol. The van der Waals surface area contributed by atoms with Crippen LogP contribution in [-0.4, -0.2) is 34.3 Å². The highest BCUT2D eigenvalue weighted by atomic mass is 35.5. The standard InChI is InChI=1S/C17H15ClN6O2S2/c1-9-14-15(19)22-23-17(14)21-16(20-9)10-2-4-11(5-3-10)24-28(25,26)13-8-27-7-6-12(13)18/h2-6,8,24H,7H2,1H3,(H3,19,20,21,22,23). The number of nitrogens with zero attached hydrogens (tertiary/aromatic N) is 3. The maximum atomic E-state index is 12.5. The molecule has 4 rings (SSSR count). The third kappa shape index (κ3) is 3.46. The van der Waals surface area contributed by atoms with Crippen LogP contribution in [0, 0.1) is 6.92 Å². The van der Waals surface area contributed by atoms with Gasteiger partial charge in [0.25, 0.3) is 10.0 Å². The number of hydrogen-bond acceptors (Lipinski definition) is 7. The molecule has 1 aromatic carbocycles. The maximum absolute atomic E-state index is 12.5. The first-order valence-corrected chi connectivity index (χ1v) is 11.1. The summed E-state index contributed by atoms with van der Waals surface area (Å²) >= 11 is 7.40. The van der Waals surface area contributed by atoms with Crippen molar-refractivity contribution >= 4 is 55.9 Å². The molecular weight excluding hydrogens is 420 g/mol. The summed E-state index contributed by atoms with van der Waals surface area (Å²) in [6.07, 6.45) is 1.67. The number of thioether (sulfide) groups is 1. The fraction of sp³-hybridized carbons (Fsp3) is 0.118. The van der Waals surface area contributed by atoms with Gasteiger partial charge in [-0.25, -0.2) is 18.4 Å². The number of allylic oxidation sites excluding steroid dienone is 1. The average Bonchev–Trinajstić information content (AvgIpc) is 3.03. The van der Waals surface area contributed by atoms with E-state index >= 15 is 0 Å². The van der Waals surface area contributed by atoms with Crippen LogP contribution in [0.15, 0.2) is 45.7 Å². The molecular formula is C17H15ClN6O2S2. The van der Waals surface area contributed by atoms with Gasteiger partial charge in [0.2, 0.25) is 0 Å². The van der Waals surface area contributed by atoms with E-state index in [2.05, 4.69) is 24.9 Å². The Labute approximate surface area is 170 Å². The van der Waals surface area contributed by atoms with Crippen LogP contribution in [0.1, 0.15) is 5.69 Å². The highest BCUT2D eigenvalue weighted by Gasteiger charge is 2.22. The Kier molecular flexibility index (Phi) is 4.77. The van der Waals surface area contributed by atoms with Crippen LogP contribution in [0.3, 0.4) is 0 Å². The first-order chi connectivity index (χ1) is 13.3. The van der Waals surface area contributed by atoms with Gasteiger partial charge in [0.15, 0.2) is 11.5 Å². The quantitative estimate of drug-likeness (QED) is 0.574. The molecule has 1 aliphatic rings. The smallest absolute Gasteiger partial charge is 0.263 e. The minimum absolute atomic E-state index is 0.0648. The summed E-state index contributed by atoms with van der Waals surface area (Å²) in [7, 11) is -3.77. The van der Waals surface area contributed by atoms with Gasteiger partial charge in [-0.2, -0.15) is 5.10 Å². The molecule has 0 amide bonds. The molecule has 0 unspecified atom stereocenters. The van der Waals surface area contributed by atoms with Gasteiger partial charge in [-0.3, -0.25) is 9.82 Å². The molecule has 0 atom stereocenters. The summed E-state index contributed by atoms with van der Waals surface area (Å²) in [5.41, 5.74) is 8.15. The van der Waals surface area contributed by atoms with Gasteiger partial charge < -0.3 is 5.73 Å². The number of fused-ring (bicyclic) bond motifs is 1. The van der Waals surface area contributed by atoms with Crippen LogP contribution in [0.4, 0.5) is 11.5 Å². The third-order valence-electron chi connectivity index (χ3n) is 4.09. The molecule has 0 spiro atoms. The fourth-order valence-electron chi connectivity index (χ4n) is 2.74. The van der Waals surface area contributed by atoms with Gasteiger partial charge in [0.05, 0.1) is 16.1 Å². The zero-order valence-electron chi connectivity index (χ0n) is 14.6. The molecule has 8 nitrogen and oxygen atoms in total. The number of aromatic nitrogens is 4. The van der Waals surface area contributed by atoms with Gasteiger partial charge >= 0.3 is 0 Å². The second kappa shape index (κ2) is 7.12. The molecule has 2 aromatic heterocycles. The van der Waals surface area contributed by atoms with Gasteiger partial charge in [0, 0.05) is 17.0 Å². The Morgan fingerprint density at radius 2 is 2.00 bits per heavy atom. The molecule has 0 saturated carbocycles. The van der Waals surface area contributed by atoms with Gasteiger partial charge in [-0.05, 0) is 36.6 Å². The number of sulfonamides is 1. The molecule has 0 saturated heterocycles. The Morgan fingerprint density at radius 1 is 1.25 bits per heavy atom. The summed E-state index contributed by atoms with van der Waals surface area (Å²) in [6, 6.07) is 6.75. The Morgan fingerprint density at radius 3 is 2.71 bits per heavy atom. The minimum Gasteiger partial charge on any atom is -0.383 e. The second-order valence-electron chi connectivity index (χ2n) is 6.02. The maximum Gasteiger partial charge on any atom is 0.263 e. The molecule has 0 radical (unpaired) electrons. The topological polar surface area (TPSA) is 127 Å². The van der Waals surface area contributed by atoms with Crippen molar-refractivity contribution < 1.29 is 8.42 Å². The zero-order chi connectivity index (χ0) is 19.9. The van der Waals surface area contributed by atoms with E-state index in [0.29, 0.717) is 39.8 Å². The summed E-state index contributed by atoms with van der Waals surface area (Å²) in [4.78, 5) is 8.94. The van der Waals surface area contributed by atoms with E-state index in [0.717, 1.165) is 5.56 Å². The van der Waals surface area contributed by atoms with Crippen LogP contribution < -0.4 is 10.5 Å². The number of benzene rings is 1. The van der Waals surface area contributed by atoms with E-state index in [1.165, 1.54) is 11.8 Å². The lowest BCUT2D eigenvalue weighted by molar-refractivity contribution is 0.607. The number of aryl methyl sites for hydroxylation is 1. The summed E-state index contributed by atoms with van der Waals surface area (Å²) in [6.45, 7) is 1.83. The van der Waals surface area contributed by atoms with Crippen LogP contribution in [-0.2, 0) is 10.0 Å². The van der Waals surface area contributed by atoms with Crippen molar-refractivity contribution in [1.82, 2.24) is 20.2 Å². The Hall–Kier alpha value is -2.56. The van der Waals surface area contributed by atoms with Crippen molar-refractivity contribution in [2.24, 2.45) is 0 Å². The van der Waals surface area contributed by atoms with Crippen molar-refractivity contribution in [1.29, 1.82) is 0 Å². The molecule has 144 valence electrons.